The molecule has 1 N–H and O–H groups in total. The molecule has 0 amide bonds. The first-order valence-corrected chi connectivity index (χ1v) is 5.96. The molecule has 86 valence electrons. The molecule has 1 atom stereocenters. The van der Waals surface area contributed by atoms with E-state index >= 15 is 0 Å². The minimum atomic E-state index is 0.365. The van der Waals surface area contributed by atoms with Crippen molar-refractivity contribution in [3.05, 3.63) is 23.3 Å². The summed E-state index contributed by atoms with van der Waals surface area (Å²) in [6.07, 6.45) is 3.61. The monoisotopic (exact) mass is 219 g/mol. The van der Waals surface area contributed by atoms with Crippen molar-refractivity contribution >= 4 is 0 Å². The molecule has 1 aromatic carbocycles. The molecule has 16 heavy (non-hydrogen) atoms. The van der Waals surface area contributed by atoms with Crippen LogP contribution >= 0.6 is 0 Å². The van der Waals surface area contributed by atoms with Gasteiger partial charge in [0.15, 0.2) is 11.5 Å². The number of ether oxygens (including phenoxy) is 2. The van der Waals surface area contributed by atoms with Gasteiger partial charge in [-0.3, -0.25) is 0 Å². The maximum Gasteiger partial charge on any atom is 0.231 e. The molecule has 1 saturated heterocycles. The average Bonchev–Trinajstić information content (AvgIpc) is 2.92. The maximum atomic E-state index is 5.57. The highest BCUT2D eigenvalue weighted by atomic mass is 16.7. The molecule has 2 aliphatic heterocycles. The summed E-state index contributed by atoms with van der Waals surface area (Å²) >= 11 is 0. The molecule has 3 nitrogen and oxygen atoms in total. The van der Waals surface area contributed by atoms with Crippen LogP contribution in [0, 0.1) is 6.92 Å². The molecule has 1 unspecified atom stereocenters. The van der Waals surface area contributed by atoms with E-state index in [2.05, 4.69) is 18.3 Å². The van der Waals surface area contributed by atoms with Crippen LogP contribution in [0.3, 0.4) is 0 Å². The summed E-state index contributed by atoms with van der Waals surface area (Å²) in [5.74, 6) is 1.87. The van der Waals surface area contributed by atoms with Gasteiger partial charge in [-0.05, 0) is 44.4 Å². The van der Waals surface area contributed by atoms with Crippen LogP contribution in [0.1, 0.15) is 24.0 Å². The number of hydrogen-bond donors (Lipinski definition) is 1. The molecule has 1 fully saturated rings. The fraction of sp³-hybridized carbons (Fsp3) is 0.538. The van der Waals surface area contributed by atoms with Crippen LogP contribution in [0.5, 0.6) is 11.5 Å². The molecule has 2 heterocycles. The minimum absolute atomic E-state index is 0.365. The zero-order valence-electron chi connectivity index (χ0n) is 9.58. The highest BCUT2D eigenvalue weighted by Crippen LogP contribution is 2.38. The maximum absolute atomic E-state index is 5.57. The lowest BCUT2D eigenvalue weighted by molar-refractivity contribution is 0.173. The van der Waals surface area contributed by atoms with E-state index in [4.69, 9.17) is 9.47 Å². The Morgan fingerprint density at radius 1 is 1.38 bits per heavy atom. The zero-order chi connectivity index (χ0) is 11.0. The third-order valence-electron chi connectivity index (χ3n) is 3.49. The third kappa shape index (κ3) is 1.65. The van der Waals surface area contributed by atoms with E-state index in [9.17, 15) is 0 Å². The Morgan fingerprint density at radius 3 is 3.12 bits per heavy atom. The summed E-state index contributed by atoms with van der Waals surface area (Å²) in [6.45, 7) is 3.66. The Bertz CT molecular complexity index is 397. The normalized spacial score (nSPS) is 22.7. The number of rotatable bonds is 2. The van der Waals surface area contributed by atoms with Crippen molar-refractivity contribution < 1.29 is 9.47 Å². The second-order valence-corrected chi connectivity index (χ2v) is 4.59. The van der Waals surface area contributed by atoms with Crippen LogP contribution in [0.2, 0.25) is 0 Å². The molecule has 0 bridgehead atoms. The van der Waals surface area contributed by atoms with Crippen molar-refractivity contribution in [3.8, 4) is 11.5 Å². The molecule has 0 aromatic heterocycles. The van der Waals surface area contributed by atoms with E-state index in [0.717, 1.165) is 24.5 Å². The topological polar surface area (TPSA) is 30.5 Å². The first-order valence-electron chi connectivity index (χ1n) is 5.96. The largest absolute Gasteiger partial charge is 0.454 e. The molecule has 0 spiro atoms. The molecule has 0 aliphatic carbocycles. The van der Waals surface area contributed by atoms with E-state index in [0.29, 0.717) is 12.8 Å². The second-order valence-electron chi connectivity index (χ2n) is 4.59. The van der Waals surface area contributed by atoms with Crippen molar-refractivity contribution in [1.82, 2.24) is 5.32 Å². The number of aryl methyl sites for hydroxylation is 1. The van der Waals surface area contributed by atoms with Gasteiger partial charge >= 0.3 is 0 Å². The molecular weight excluding hydrogens is 202 g/mol. The van der Waals surface area contributed by atoms with Gasteiger partial charge in [0.25, 0.3) is 0 Å². The van der Waals surface area contributed by atoms with Gasteiger partial charge in [-0.2, -0.15) is 0 Å². The molecular formula is C13H17NO2. The number of fused-ring (bicyclic) bond motifs is 1. The first-order chi connectivity index (χ1) is 7.84. The third-order valence-corrected chi connectivity index (χ3v) is 3.49. The molecule has 1 aromatic rings. The Hall–Kier alpha value is -1.22. The summed E-state index contributed by atoms with van der Waals surface area (Å²) in [4.78, 5) is 0. The predicted molar refractivity (Wildman–Crippen MR) is 62.0 cm³/mol. The van der Waals surface area contributed by atoms with Crippen molar-refractivity contribution in [2.75, 3.05) is 13.3 Å². The minimum Gasteiger partial charge on any atom is -0.454 e. The Morgan fingerprint density at radius 2 is 2.31 bits per heavy atom. The molecule has 0 radical (unpaired) electrons. The SMILES string of the molecule is Cc1ccc2c(c1CC1CCCN1)OCO2. The molecule has 3 heteroatoms. The van der Waals surface area contributed by atoms with Gasteiger partial charge in [0.05, 0.1) is 0 Å². The van der Waals surface area contributed by atoms with Crippen molar-refractivity contribution in [2.45, 2.75) is 32.2 Å². The summed E-state index contributed by atoms with van der Waals surface area (Å²) in [7, 11) is 0. The zero-order valence-corrected chi connectivity index (χ0v) is 9.58. The van der Waals surface area contributed by atoms with E-state index in [1.54, 1.807) is 0 Å². The summed E-state index contributed by atoms with van der Waals surface area (Å²) < 4.78 is 11.0. The summed E-state index contributed by atoms with van der Waals surface area (Å²) in [6, 6.07) is 4.73. The number of nitrogens with one attached hydrogen (secondary N) is 1. The van der Waals surface area contributed by atoms with E-state index in [1.165, 1.54) is 24.0 Å². The van der Waals surface area contributed by atoms with Gasteiger partial charge in [0.1, 0.15) is 0 Å². The van der Waals surface area contributed by atoms with Crippen LogP contribution in [0.25, 0.3) is 0 Å². The lowest BCUT2D eigenvalue weighted by Crippen LogP contribution is -2.24. The Kier molecular flexibility index (Phi) is 2.48. The van der Waals surface area contributed by atoms with Crippen molar-refractivity contribution in [3.63, 3.8) is 0 Å². The van der Waals surface area contributed by atoms with Gasteiger partial charge in [0.2, 0.25) is 6.79 Å². The standard InChI is InChI=1S/C13H17NO2/c1-9-4-5-12-13(16-8-15-12)11(9)7-10-3-2-6-14-10/h4-5,10,14H,2-3,6-8H2,1H3. The second kappa shape index (κ2) is 3.98. The molecule has 0 saturated carbocycles. The van der Waals surface area contributed by atoms with E-state index in [-0.39, 0.29) is 0 Å². The van der Waals surface area contributed by atoms with Crippen LogP contribution in [-0.4, -0.2) is 19.4 Å². The van der Waals surface area contributed by atoms with Crippen LogP contribution < -0.4 is 14.8 Å². The highest BCUT2D eigenvalue weighted by molar-refractivity contribution is 5.52. The fourth-order valence-electron chi connectivity index (χ4n) is 2.56. The lowest BCUT2D eigenvalue weighted by Gasteiger charge is -2.14. The quantitative estimate of drug-likeness (QED) is 0.825. The summed E-state index contributed by atoms with van der Waals surface area (Å²) in [5.41, 5.74) is 2.62. The van der Waals surface area contributed by atoms with E-state index in [1.807, 2.05) is 6.07 Å². The number of benzene rings is 1. The first kappa shape index (κ1) is 9.97. The van der Waals surface area contributed by atoms with Gasteiger partial charge in [-0.1, -0.05) is 6.07 Å². The van der Waals surface area contributed by atoms with Gasteiger partial charge in [0, 0.05) is 11.6 Å². The van der Waals surface area contributed by atoms with Crippen LogP contribution in [-0.2, 0) is 6.42 Å². The van der Waals surface area contributed by atoms with Gasteiger partial charge in [-0.25, -0.2) is 0 Å². The predicted octanol–water partition coefficient (Wildman–Crippen LogP) is 2.02. The summed E-state index contributed by atoms with van der Waals surface area (Å²) in [5, 5.41) is 3.53. The Labute approximate surface area is 95.8 Å². The van der Waals surface area contributed by atoms with Crippen molar-refractivity contribution in [1.29, 1.82) is 0 Å². The number of hydrogen-bond acceptors (Lipinski definition) is 3. The lowest BCUT2D eigenvalue weighted by atomic mass is 9.98. The van der Waals surface area contributed by atoms with Crippen LogP contribution in [0.15, 0.2) is 12.1 Å². The Balaban J connectivity index is 1.90. The van der Waals surface area contributed by atoms with E-state index < -0.39 is 0 Å². The average molecular weight is 219 g/mol. The van der Waals surface area contributed by atoms with Gasteiger partial charge < -0.3 is 14.8 Å². The fourth-order valence-corrected chi connectivity index (χ4v) is 2.56. The van der Waals surface area contributed by atoms with Crippen LogP contribution in [0.4, 0.5) is 0 Å². The van der Waals surface area contributed by atoms with Gasteiger partial charge in [-0.15, -0.1) is 0 Å². The molecule has 3 rings (SSSR count). The molecule has 2 aliphatic rings. The van der Waals surface area contributed by atoms with Crippen molar-refractivity contribution in [2.24, 2.45) is 0 Å². The smallest absolute Gasteiger partial charge is 0.231 e. The highest BCUT2D eigenvalue weighted by Gasteiger charge is 2.23.